The summed E-state index contributed by atoms with van der Waals surface area (Å²) in [6, 6.07) is 10.2. The van der Waals surface area contributed by atoms with E-state index in [-0.39, 0.29) is 6.23 Å². The molecule has 1 rings (SSSR count). The number of quaternary nitrogens is 1. The highest BCUT2D eigenvalue weighted by Crippen LogP contribution is 2.19. The minimum atomic E-state index is 0.224. The Bertz CT molecular complexity index is 421. The van der Waals surface area contributed by atoms with Crippen molar-refractivity contribution in [1.82, 2.24) is 0 Å². The number of halogens is 1. The number of nitrogens with zero attached hydrogens (tertiary/aromatic N) is 1. The number of rotatable bonds is 15. The molecule has 0 radical (unpaired) electrons. The lowest BCUT2D eigenvalue weighted by molar-refractivity contribution is -0.929. The molecule has 144 valence electrons. The van der Waals surface area contributed by atoms with E-state index in [1.165, 1.54) is 70.8 Å². The number of para-hydroxylation sites is 1. The molecular formula is C22H39INO+. The summed E-state index contributed by atoms with van der Waals surface area (Å²) < 4.78 is 8.19. The summed E-state index contributed by atoms with van der Waals surface area (Å²) in [5.74, 6) is 0.985. The maximum atomic E-state index is 6.24. The Morgan fingerprint density at radius 2 is 1.36 bits per heavy atom. The molecule has 0 aliphatic carbocycles. The summed E-state index contributed by atoms with van der Waals surface area (Å²) in [5, 5.41) is 0. The highest BCUT2D eigenvalue weighted by molar-refractivity contribution is 14.1. The van der Waals surface area contributed by atoms with E-state index in [9.17, 15) is 0 Å². The first-order valence-corrected chi connectivity index (χ1v) is 11.7. The standard InChI is InChI=1S/C22H39INO/c1-4-5-6-7-8-9-10-11-12-16-19-24(2,3)22(20-23)25-21-17-14-13-15-18-21/h13-15,17-18,22H,4-12,16,19-20H2,1-3H3/q+1. The maximum absolute atomic E-state index is 6.24. The van der Waals surface area contributed by atoms with E-state index in [4.69, 9.17) is 4.74 Å². The van der Waals surface area contributed by atoms with E-state index in [1.54, 1.807) is 0 Å². The van der Waals surface area contributed by atoms with Crippen molar-refractivity contribution in [3.8, 4) is 5.75 Å². The van der Waals surface area contributed by atoms with Crippen molar-refractivity contribution in [3.63, 3.8) is 0 Å². The van der Waals surface area contributed by atoms with E-state index in [0.29, 0.717) is 0 Å². The molecule has 0 bridgehead atoms. The van der Waals surface area contributed by atoms with Gasteiger partial charge in [-0.15, -0.1) is 0 Å². The van der Waals surface area contributed by atoms with Crippen molar-refractivity contribution >= 4 is 22.6 Å². The molecule has 1 unspecified atom stereocenters. The number of unbranched alkanes of at least 4 members (excludes halogenated alkanes) is 9. The third-order valence-corrected chi connectivity index (χ3v) is 5.77. The fraction of sp³-hybridized carbons (Fsp3) is 0.727. The van der Waals surface area contributed by atoms with Crippen LogP contribution in [-0.2, 0) is 0 Å². The second-order valence-electron chi connectivity index (χ2n) is 7.72. The Kier molecular flexibility index (Phi) is 12.6. The fourth-order valence-corrected chi connectivity index (χ4v) is 4.41. The van der Waals surface area contributed by atoms with Gasteiger partial charge in [0, 0.05) is 0 Å². The monoisotopic (exact) mass is 460 g/mol. The van der Waals surface area contributed by atoms with Crippen LogP contribution in [0.3, 0.4) is 0 Å². The molecule has 0 saturated heterocycles. The zero-order valence-corrected chi connectivity index (χ0v) is 18.8. The predicted octanol–water partition coefficient (Wildman–Crippen LogP) is 6.82. The van der Waals surface area contributed by atoms with Crippen LogP contribution in [0.1, 0.15) is 71.1 Å². The summed E-state index contributed by atoms with van der Waals surface area (Å²) >= 11 is 2.45. The summed E-state index contributed by atoms with van der Waals surface area (Å²) in [4.78, 5) is 0. The Balaban J connectivity index is 2.16. The molecule has 1 aromatic rings. The molecule has 0 spiro atoms. The van der Waals surface area contributed by atoms with Gasteiger partial charge < -0.3 is 4.74 Å². The van der Waals surface area contributed by atoms with E-state index in [1.807, 2.05) is 18.2 Å². The second kappa shape index (κ2) is 13.9. The second-order valence-corrected chi connectivity index (χ2v) is 8.60. The molecule has 3 heteroatoms. The highest BCUT2D eigenvalue weighted by atomic mass is 127. The van der Waals surface area contributed by atoms with Gasteiger partial charge in [-0.1, -0.05) is 99.1 Å². The van der Waals surface area contributed by atoms with Gasteiger partial charge in [0.2, 0.25) is 6.23 Å². The van der Waals surface area contributed by atoms with Gasteiger partial charge >= 0.3 is 0 Å². The van der Waals surface area contributed by atoms with Gasteiger partial charge in [-0.2, -0.15) is 0 Å². The summed E-state index contributed by atoms with van der Waals surface area (Å²) in [6.45, 7) is 3.48. The largest absolute Gasteiger partial charge is 0.442 e. The minimum absolute atomic E-state index is 0.224. The van der Waals surface area contributed by atoms with E-state index < -0.39 is 0 Å². The van der Waals surface area contributed by atoms with Gasteiger partial charge in [-0.25, -0.2) is 0 Å². The van der Waals surface area contributed by atoms with E-state index in [2.05, 4.69) is 55.7 Å². The molecule has 1 atom stereocenters. The van der Waals surface area contributed by atoms with Gasteiger partial charge in [0.05, 0.1) is 25.1 Å². The third kappa shape index (κ3) is 10.4. The number of benzene rings is 1. The van der Waals surface area contributed by atoms with Crippen molar-refractivity contribution in [2.75, 3.05) is 25.1 Å². The quantitative estimate of drug-likeness (QED) is 0.0917. The van der Waals surface area contributed by atoms with Crippen LogP contribution in [0.4, 0.5) is 0 Å². The fourth-order valence-electron chi connectivity index (χ4n) is 3.17. The van der Waals surface area contributed by atoms with Crippen LogP contribution < -0.4 is 4.74 Å². The molecule has 0 aliphatic rings. The summed E-state index contributed by atoms with van der Waals surface area (Å²) in [5.41, 5.74) is 0. The van der Waals surface area contributed by atoms with Crippen LogP contribution in [-0.4, -0.2) is 35.8 Å². The maximum Gasteiger partial charge on any atom is 0.242 e. The van der Waals surface area contributed by atoms with E-state index in [0.717, 1.165) is 14.7 Å². The van der Waals surface area contributed by atoms with Gasteiger partial charge in [0.1, 0.15) is 5.75 Å². The molecular weight excluding hydrogens is 421 g/mol. The number of ether oxygens (including phenoxy) is 1. The van der Waals surface area contributed by atoms with Gasteiger partial charge in [0.15, 0.2) is 0 Å². The molecule has 0 amide bonds. The van der Waals surface area contributed by atoms with Crippen molar-refractivity contribution < 1.29 is 9.22 Å². The lowest BCUT2D eigenvalue weighted by Gasteiger charge is -2.36. The molecule has 0 aliphatic heterocycles. The number of hydrogen-bond donors (Lipinski definition) is 0. The molecule has 0 heterocycles. The zero-order valence-electron chi connectivity index (χ0n) is 16.7. The predicted molar refractivity (Wildman–Crippen MR) is 119 cm³/mol. The normalized spacial score (nSPS) is 13.0. The minimum Gasteiger partial charge on any atom is -0.442 e. The van der Waals surface area contributed by atoms with Crippen LogP contribution in [0.25, 0.3) is 0 Å². The summed E-state index contributed by atoms with van der Waals surface area (Å²) in [6.07, 6.45) is 14.2. The highest BCUT2D eigenvalue weighted by Gasteiger charge is 2.28. The Labute approximate surface area is 170 Å². The molecule has 1 aromatic carbocycles. The lowest BCUT2D eigenvalue weighted by Crippen LogP contribution is -2.53. The number of alkyl halides is 1. The molecule has 25 heavy (non-hydrogen) atoms. The van der Waals surface area contributed by atoms with Crippen LogP contribution in [0.15, 0.2) is 30.3 Å². The van der Waals surface area contributed by atoms with Crippen molar-refractivity contribution in [2.45, 2.75) is 77.4 Å². The molecule has 2 nitrogen and oxygen atoms in total. The smallest absolute Gasteiger partial charge is 0.242 e. The first-order valence-electron chi connectivity index (χ1n) is 10.2. The first kappa shape index (κ1) is 22.8. The summed E-state index contributed by atoms with van der Waals surface area (Å²) in [7, 11) is 4.61. The molecule has 0 aromatic heterocycles. The Morgan fingerprint density at radius 3 is 1.88 bits per heavy atom. The van der Waals surface area contributed by atoms with Crippen LogP contribution in [0, 0.1) is 0 Å². The van der Waals surface area contributed by atoms with Crippen LogP contribution in [0.2, 0.25) is 0 Å². The first-order chi connectivity index (χ1) is 12.1. The molecule has 0 saturated carbocycles. The Hall–Kier alpha value is -0.290. The van der Waals surface area contributed by atoms with Gasteiger partial charge in [-0.3, -0.25) is 4.48 Å². The third-order valence-electron chi connectivity index (χ3n) is 5.01. The average molecular weight is 460 g/mol. The van der Waals surface area contributed by atoms with Crippen molar-refractivity contribution in [1.29, 1.82) is 0 Å². The van der Waals surface area contributed by atoms with E-state index >= 15 is 0 Å². The van der Waals surface area contributed by atoms with Gasteiger partial charge in [-0.05, 0) is 25.0 Å². The lowest BCUT2D eigenvalue weighted by atomic mass is 10.1. The van der Waals surface area contributed by atoms with Gasteiger partial charge in [0.25, 0.3) is 0 Å². The average Bonchev–Trinajstić information content (AvgIpc) is 2.62. The van der Waals surface area contributed by atoms with Crippen LogP contribution in [0.5, 0.6) is 5.75 Å². The zero-order chi connectivity index (χ0) is 18.4. The Morgan fingerprint density at radius 1 is 0.840 bits per heavy atom. The van der Waals surface area contributed by atoms with Crippen LogP contribution >= 0.6 is 22.6 Å². The molecule has 0 fully saturated rings. The number of hydrogen-bond acceptors (Lipinski definition) is 1. The topological polar surface area (TPSA) is 9.23 Å². The van der Waals surface area contributed by atoms with Crippen molar-refractivity contribution in [3.05, 3.63) is 30.3 Å². The van der Waals surface area contributed by atoms with Crippen molar-refractivity contribution in [2.24, 2.45) is 0 Å². The molecule has 0 N–H and O–H groups in total. The SMILES string of the molecule is CCCCCCCCCCCC[N+](C)(C)C(CI)Oc1ccccc1.